The molecule has 0 aromatic heterocycles. The summed E-state index contributed by atoms with van der Waals surface area (Å²) in [7, 11) is 0. The molecule has 1 aromatic rings. The van der Waals surface area contributed by atoms with Gasteiger partial charge in [0.1, 0.15) is 5.75 Å². The van der Waals surface area contributed by atoms with E-state index in [2.05, 4.69) is 50.4 Å². The second kappa shape index (κ2) is 7.68. The van der Waals surface area contributed by atoms with E-state index in [0.717, 1.165) is 18.2 Å². The average molecular weight is 275 g/mol. The quantitative estimate of drug-likeness (QED) is 0.812. The van der Waals surface area contributed by atoms with Crippen molar-refractivity contribution in [1.29, 1.82) is 0 Å². The molecule has 2 rings (SSSR count). The third-order valence-corrected chi connectivity index (χ3v) is 4.56. The van der Waals surface area contributed by atoms with E-state index in [4.69, 9.17) is 4.74 Å². The Kier molecular flexibility index (Phi) is 5.90. The molecule has 0 saturated heterocycles. The molecular formula is C18H29NO. The summed E-state index contributed by atoms with van der Waals surface area (Å²) < 4.78 is 6.31. The molecule has 1 saturated carbocycles. The highest BCUT2D eigenvalue weighted by Crippen LogP contribution is 2.32. The third kappa shape index (κ3) is 3.99. The normalized spacial score (nSPS) is 24.4. The van der Waals surface area contributed by atoms with Crippen LogP contribution in [0.15, 0.2) is 24.3 Å². The summed E-state index contributed by atoms with van der Waals surface area (Å²) >= 11 is 0. The van der Waals surface area contributed by atoms with Gasteiger partial charge >= 0.3 is 0 Å². The summed E-state index contributed by atoms with van der Waals surface area (Å²) in [6.07, 6.45) is 6.80. The van der Waals surface area contributed by atoms with Crippen LogP contribution in [0.1, 0.15) is 64.5 Å². The van der Waals surface area contributed by atoms with Crippen LogP contribution in [0.25, 0.3) is 0 Å². The van der Waals surface area contributed by atoms with Crippen molar-refractivity contribution < 1.29 is 4.74 Å². The van der Waals surface area contributed by atoms with E-state index in [1.54, 1.807) is 0 Å². The number of rotatable bonds is 6. The van der Waals surface area contributed by atoms with Crippen LogP contribution in [0, 0.1) is 5.92 Å². The number of ether oxygens (including phenoxy) is 1. The van der Waals surface area contributed by atoms with Gasteiger partial charge in [-0.2, -0.15) is 0 Å². The molecule has 0 amide bonds. The summed E-state index contributed by atoms with van der Waals surface area (Å²) in [5.74, 6) is 1.99. The molecule has 112 valence electrons. The summed E-state index contributed by atoms with van der Waals surface area (Å²) in [6, 6.07) is 8.83. The average Bonchev–Trinajstić information content (AvgIpc) is 2.49. The maximum atomic E-state index is 6.31. The van der Waals surface area contributed by atoms with E-state index in [-0.39, 0.29) is 0 Å². The fourth-order valence-corrected chi connectivity index (χ4v) is 3.20. The molecule has 0 radical (unpaired) electrons. The zero-order valence-electron chi connectivity index (χ0n) is 13.2. The molecule has 1 aromatic carbocycles. The molecule has 1 unspecified atom stereocenters. The lowest BCUT2D eigenvalue weighted by atomic mass is 9.86. The van der Waals surface area contributed by atoms with E-state index in [1.807, 2.05) is 0 Å². The number of hydrogen-bond acceptors (Lipinski definition) is 2. The highest BCUT2D eigenvalue weighted by Gasteiger charge is 2.22. The summed E-state index contributed by atoms with van der Waals surface area (Å²) in [5, 5.41) is 3.48. The van der Waals surface area contributed by atoms with Crippen LogP contribution < -0.4 is 10.1 Å². The van der Waals surface area contributed by atoms with Crippen molar-refractivity contribution in [1.82, 2.24) is 5.32 Å². The van der Waals surface area contributed by atoms with Crippen molar-refractivity contribution in [3.8, 4) is 5.75 Å². The van der Waals surface area contributed by atoms with Crippen LogP contribution in [0.4, 0.5) is 0 Å². The van der Waals surface area contributed by atoms with Crippen LogP contribution in [-0.4, -0.2) is 12.6 Å². The smallest absolute Gasteiger partial charge is 0.124 e. The standard InChI is InChI=1S/C18H29NO/c1-4-15-10-12-16(13-11-15)20-18-9-7-6-8-17(18)14(3)19-5-2/h6-9,14-16,19H,4-5,10-13H2,1-3H3. The van der Waals surface area contributed by atoms with Crippen molar-refractivity contribution in [2.45, 2.75) is 65.0 Å². The van der Waals surface area contributed by atoms with E-state index in [9.17, 15) is 0 Å². The minimum absolute atomic E-state index is 0.350. The Balaban J connectivity index is 1.99. The van der Waals surface area contributed by atoms with Crippen LogP contribution in [0.2, 0.25) is 0 Å². The van der Waals surface area contributed by atoms with Crippen molar-refractivity contribution in [3.05, 3.63) is 29.8 Å². The van der Waals surface area contributed by atoms with Gasteiger partial charge in [-0.3, -0.25) is 0 Å². The van der Waals surface area contributed by atoms with Crippen LogP contribution in [0.5, 0.6) is 5.75 Å². The van der Waals surface area contributed by atoms with Gasteiger partial charge in [0.15, 0.2) is 0 Å². The fourth-order valence-electron chi connectivity index (χ4n) is 3.20. The third-order valence-electron chi connectivity index (χ3n) is 4.56. The minimum atomic E-state index is 0.350. The van der Waals surface area contributed by atoms with Crippen molar-refractivity contribution >= 4 is 0 Å². The first-order valence-electron chi connectivity index (χ1n) is 8.23. The highest BCUT2D eigenvalue weighted by molar-refractivity contribution is 5.35. The summed E-state index contributed by atoms with van der Waals surface area (Å²) in [5.41, 5.74) is 1.28. The van der Waals surface area contributed by atoms with Crippen molar-refractivity contribution in [2.75, 3.05) is 6.54 Å². The largest absolute Gasteiger partial charge is 0.490 e. The Morgan fingerprint density at radius 1 is 1.15 bits per heavy atom. The SMILES string of the molecule is CCNC(C)c1ccccc1OC1CCC(CC)CC1. The number of hydrogen-bond donors (Lipinski definition) is 1. The molecule has 1 aliphatic rings. The minimum Gasteiger partial charge on any atom is -0.490 e. The Bertz CT molecular complexity index is 396. The first-order chi connectivity index (χ1) is 9.74. The van der Waals surface area contributed by atoms with Gasteiger partial charge in [0, 0.05) is 11.6 Å². The van der Waals surface area contributed by atoms with E-state index in [0.29, 0.717) is 12.1 Å². The van der Waals surface area contributed by atoms with Gasteiger partial charge in [0.25, 0.3) is 0 Å². The maximum absolute atomic E-state index is 6.31. The zero-order valence-corrected chi connectivity index (χ0v) is 13.2. The van der Waals surface area contributed by atoms with Gasteiger partial charge in [-0.05, 0) is 51.1 Å². The van der Waals surface area contributed by atoms with Gasteiger partial charge < -0.3 is 10.1 Å². The van der Waals surface area contributed by atoms with Gasteiger partial charge in [-0.1, -0.05) is 38.5 Å². The molecule has 1 atom stereocenters. The van der Waals surface area contributed by atoms with Crippen molar-refractivity contribution in [2.24, 2.45) is 5.92 Å². The molecule has 1 fully saturated rings. The van der Waals surface area contributed by atoms with E-state index in [1.165, 1.54) is 37.7 Å². The molecule has 0 aliphatic heterocycles. The predicted octanol–water partition coefficient (Wildman–Crippen LogP) is 4.70. The molecule has 0 heterocycles. The molecule has 20 heavy (non-hydrogen) atoms. The number of benzene rings is 1. The fraction of sp³-hybridized carbons (Fsp3) is 0.667. The van der Waals surface area contributed by atoms with Crippen LogP contribution >= 0.6 is 0 Å². The predicted molar refractivity (Wildman–Crippen MR) is 85.2 cm³/mol. The molecule has 0 bridgehead atoms. The zero-order chi connectivity index (χ0) is 14.4. The van der Waals surface area contributed by atoms with Gasteiger partial charge in [-0.15, -0.1) is 0 Å². The molecule has 2 heteroatoms. The van der Waals surface area contributed by atoms with Gasteiger partial charge in [-0.25, -0.2) is 0 Å². The number of para-hydroxylation sites is 1. The van der Waals surface area contributed by atoms with E-state index >= 15 is 0 Å². The molecule has 0 spiro atoms. The Hall–Kier alpha value is -1.02. The number of nitrogens with one attached hydrogen (secondary N) is 1. The topological polar surface area (TPSA) is 21.3 Å². The second-order valence-corrected chi connectivity index (χ2v) is 5.99. The maximum Gasteiger partial charge on any atom is 0.124 e. The molecule has 2 nitrogen and oxygen atoms in total. The first kappa shape index (κ1) is 15.4. The Morgan fingerprint density at radius 2 is 1.85 bits per heavy atom. The molecular weight excluding hydrogens is 246 g/mol. The van der Waals surface area contributed by atoms with Gasteiger partial charge in [0.2, 0.25) is 0 Å². The Morgan fingerprint density at radius 3 is 2.50 bits per heavy atom. The van der Waals surface area contributed by atoms with E-state index < -0.39 is 0 Å². The van der Waals surface area contributed by atoms with Crippen LogP contribution in [0.3, 0.4) is 0 Å². The van der Waals surface area contributed by atoms with Crippen LogP contribution in [-0.2, 0) is 0 Å². The Labute approximate surface area is 123 Å². The summed E-state index contributed by atoms with van der Waals surface area (Å²) in [4.78, 5) is 0. The summed E-state index contributed by atoms with van der Waals surface area (Å²) in [6.45, 7) is 7.64. The lowest BCUT2D eigenvalue weighted by Crippen LogP contribution is -2.25. The van der Waals surface area contributed by atoms with Gasteiger partial charge in [0.05, 0.1) is 6.10 Å². The monoisotopic (exact) mass is 275 g/mol. The lowest BCUT2D eigenvalue weighted by molar-refractivity contribution is 0.128. The molecule has 1 N–H and O–H groups in total. The lowest BCUT2D eigenvalue weighted by Gasteiger charge is -2.29. The second-order valence-electron chi connectivity index (χ2n) is 5.99. The van der Waals surface area contributed by atoms with Crippen molar-refractivity contribution in [3.63, 3.8) is 0 Å². The molecule has 1 aliphatic carbocycles. The highest BCUT2D eigenvalue weighted by atomic mass is 16.5. The first-order valence-corrected chi connectivity index (χ1v) is 8.23.